The SMILES string of the molecule is CCn1c2ccccc2c2cc(-c3ccc([Si](C)(C)C)cn3)ccc21. The summed E-state index contributed by atoms with van der Waals surface area (Å²) in [4.78, 5) is 4.76. The van der Waals surface area contributed by atoms with E-state index in [1.165, 1.54) is 32.6 Å². The number of pyridine rings is 1. The van der Waals surface area contributed by atoms with E-state index in [9.17, 15) is 0 Å². The van der Waals surface area contributed by atoms with Gasteiger partial charge in [0.25, 0.3) is 0 Å². The highest BCUT2D eigenvalue weighted by Crippen LogP contribution is 2.32. The van der Waals surface area contributed by atoms with Crippen LogP contribution in [-0.2, 0) is 6.54 Å². The fourth-order valence-electron chi connectivity index (χ4n) is 3.56. The van der Waals surface area contributed by atoms with Gasteiger partial charge in [-0.25, -0.2) is 0 Å². The molecule has 4 rings (SSSR count). The quantitative estimate of drug-likeness (QED) is 0.454. The summed E-state index contributed by atoms with van der Waals surface area (Å²) in [6, 6.07) is 19.8. The Morgan fingerprint density at radius 3 is 2.32 bits per heavy atom. The number of hydrogen-bond acceptors (Lipinski definition) is 1. The van der Waals surface area contributed by atoms with Crippen LogP contribution in [0, 0.1) is 0 Å². The number of aromatic nitrogens is 2. The van der Waals surface area contributed by atoms with Gasteiger partial charge in [0.15, 0.2) is 0 Å². The van der Waals surface area contributed by atoms with Crippen molar-refractivity contribution in [1.82, 2.24) is 9.55 Å². The second-order valence-electron chi connectivity index (χ2n) is 7.68. The molecule has 2 nitrogen and oxygen atoms in total. The van der Waals surface area contributed by atoms with Crippen LogP contribution in [0.5, 0.6) is 0 Å². The maximum absolute atomic E-state index is 4.76. The molecule has 0 unspecified atom stereocenters. The van der Waals surface area contributed by atoms with Gasteiger partial charge in [0.05, 0.1) is 13.8 Å². The number of nitrogens with zero attached hydrogens (tertiary/aromatic N) is 2. The Bertz CT molecular complexity index is 1050. The van der Waals surface area contributed by atoms with Gasteiger partial charge < -0.3 is 4.57 Å². The monoisotopic (exact) mass is 344 g/mol. The third-order valence-corrected chi connectivity index (χ3v) is 7.04. The molecule has 0 aliphatic rings. The first-order valence-electron chi connectivity index (χ1n) is 8.97. The average Bonchev–Trinajstić information content (AvgIpc) is 2.94. The topological polar surface area (TPSA) is 17.8 Å². The second kappa shape index (κ2) is 5.85. The first-order valence-corrected chi connectivity index (χ1v) is 12.5. The molecular formula is C22H24N2Si. The number of benzene rings is 2. The zero-order valence-electron chi connectivity index (χ0n) is 15.4. The third kappa shape index (κ3) is 2.69. The summed E-state index contributed by atoms with van der Waals surface area (Å²) in [5.74, 6) is 0. The summed E-state index contributed by atoms with van der Waals surface area (Å²) in [5.41, 5.74) is 4.84. The van der Waals surface area contributed by atoms with Crippen LogP contribution >= 0.6 is 0 Å². The summed E-state index contributed by atoms with van der Waals surface area (Å²) in [7, 11) is -1.30. The molecule has 0 N–H and O–H groups in total. The normalized spacial score (nSPS) is 12.2. The Hall–Kier alpha value is -2.39. The molecule has 0 saturated heterocycles. The zero-order chi connectivity index (χ0) is 17.6. The molecule has 0 amide bonds. The zero-order valence-corrected chi connectivity index (χ0v) is 16.4. The fourth-order valence-corrected chi connectivity index (χ4v) is 4.60. The minimum absolute atomic E-state index is 0.979. The van der Waals surface area contributed by atoms with Crippen LogP contribution in [0.3, 0.4) is 0 Å². The van der Waals surface area contributed by atoms with Crippen molar-refractivity contribution >= 4 is 35.1 Å². The van der Waals surface area contributed by atoms with Gasteiger partial charge in [-0.1, -0.05) is 50.0 Å². The standard InChI is InChI=1S/C22H24N2Si/c1-5-24-21-9-7-6-8-18(21)19-14-16(10-13-22(19)24)20-12-11-17(15-23-20)25(2,3)4/h6-15H,5H2,1-4H3. The van der Waals surface area contributed by atoms with Crippen LogP contribution in [0.4, 0.5) is 0 Å². The van der Waals surface area contributed by atoms with Crippen LogP contribution in [0.2, 0.25) is 19.6 Å². The molecule has 0 aliphatic carbocycles. The lowest BCUT2D eigenvalue weighted by atomic mass is 10.1. The van der Waals surface area contributed by atoms with Crippen molar-refractivity contribution in [3.05, 3.63) is 60.8 Å². The van der Waals surface area contributed by atoms with Gasteiger partial charge in [0.2, 0.25) is 0 Å². The predicted molar refractivity (Wildman–Crippen MR) is 111 cm³/mol. The van der Waals surface area contributed by atoms with E-state index >= 15 is 0 Å². The summed E-state index contributed by atoms with van der Waals surface area (Å²) >= 11 is 0. The maximum atomic E-state index is 4.76. The van der Waals surface area contributed by atoms with Crippen molar-refractivity contribution in [2.24, 2.45) is 0 Å². The Morgan fingerprint density at radius 2 is 1.64 bits per heavy atom. The number of para-hydroxylation sites is 1. The number of rotatable bonds is 3. The smallest absolute Gasteiger partial charge is 0.0796 e. The Kier molecular flexibility index (Phi) is 3.77. The molecule has 0 fully saturated rings. The summed E-state index contributed by atoms with van der Waals surface area (Å²) < 4.78 is 2.39. The lowest BCUT2D eigenvalue weighted by Crippen LogP contribution is -2.37. The Labute approximate surface area is 150 Å². The van der Waals surface area contributed by atoms with Crippen molar-refractivity contribution in [2.75, 3.05) is 0 Å². The first-order chi connectivity index (χ1) is 12.0. The summed E-state index contributed by atoms with van der Waals surface area (Å²) in [6.45, 7) is 10.3. The maximum Gasteiger partial charge on any atom is 0.0796 e. The van der Waals surface area contributed by atoms with Crippen molar-refractivity contribution in [2.45, 2.75) is 33.1 Å². The van der Waals surface area contributed by atoms with Gasteiger partial charge in [-0.3, -0.25) is 4.98 Å². The van der Waals surface area contributed by atoms with Crippen molar-refractivity contribution in [3.63, 3.8) is 0 Å². The van der Waals surface area contributed by atoms with Gasteiger partial charge in [0.1, 0.15) is 0 Å². The number of hydrogen-bond donors (Lipinski definition) is 0. The summed E-state index contributed by atoms with van der Waals surface area (Å²) in [6.07, 6.45) is 2.07. The van der Waals surface area contributed by atoms with Crippen LogP contribution in [0.25, 0.3) is 33.1 Å². The summed E-state index contributed by atoms with van der Waals surface area (Å²) in [5, 5.41) is 4.03. The molecule has 0 saturated carbocycles. The minimum Gasteiger partial charge on any atom is -0.341 e. The van der Waals surface area contributed by atoms with Gasteiger partial charge in [-0.15, -0.1) is 0 Å². The van der Waals surface area contributed by atoms with E-state index in [0.717, 1.165) is 12.2 Å². The van der Waals surface area contributed by atoms with Crippen molar-refractivity contribution in [3.8, 4) is 11.3 Å². The van der Waals surface area contributed by atoms with Gasteiger partial charge >= 0.3 is 0 Å². The molecule has 2 aromatic carbocycles. The van der Waals surface area contributed by atoms with E-state index in [1.807, 2.05) is 0 Å². The molecule has 0 spiro atoms. The van der Waals surface area contributed by atoms with Crippen LogP contribution < -0.4 is 5.19 Å². The number of aryl methyl sites for hydroxylation is 1. The van der Waals surface area contributed by atoms with E-state index in [-0.39, 0.29) is 0 Å². The lowest BCUT2D eigenvalue weighted by Gasteiger charge is -2.16. The van der Waals surface area contributed by atoms with Crippen LogP contribution in [0.1, 0.15) is 6.92 Å². The third-order valence-electron chi connectivity index (χ3n) is 5.01. The van der Waals surface area contributed by atoms with E-state index in [2.05, 4.69) is 91.9 Å². The van der Waals surface area contributed by atoms with E-state index < -0.39 is 8.07 Å². The van der Waals surface area contributed by atoms with Crippen LogP contribution in [0.15, 0.2) is 60.8 Å². The molecule has 2 aromatic heterocycles. The average molecular weight is 345 g/mol. The largest absolute Gasteiger partial charge is 0.341 e. The van der Waals surface area contributed by atoms with E-state index in [0.29, 0.717) is 0 Å². The molecule has 2 heterocycles. The molecule has 0 radical (unpaired) electrons. The molecule has 3 heteroatoms. The highest BCUT2D eigenvalue weighted by atomic mass is 28.3. The Morgan fingerprint density at radius 1 is 0.880 bits per heavy atom. The molecular weight excluding hydrogens is 320 g/mol. The van der Waals surface area contributed by atoms with Crippen molar-refractivity contribution < 1.29 is 0 Å². The highest BCUT2D eigenvalue weighted by Gasteiger charge is 2.17. The number of fused-ring (bicyclic) bond motifs is 3. The fraction of sp³-hybridized carbons (Fsp3) is 0.227. The van der Waals surface area contributed by atoms with E-state index in [1.54, 1.807) is 0 Å². The molecule has 0 aliphatic heterocycles. The van der Waals surface area contributed by atoms with Gasteiger partial charge in [-0.2, -0.15) is 0 Å². The van der Waals surface area contributed by atoms with E-state index in [4.69, 9.17) is 4.98 Å². The lowest BCUT2D eigenvalue weighted by molar-refractivity contribution is 0.827. The van der Waals surface area contributed by atoms with Crippen molar-refractivity contribution in [1.29, 1.82) is 0 Å². The second-order valence-corrected chi connectivity index (χ2v) is 12.8. The highest BCUT2D eigenvalue weighted by molar-refractivity contribution is 6.88. The molecule has 0 atom stereocenters. The van der Waals surface area contributed by atoms with Gasteiger partial charge in [0, 0.05) is 40.1 Å². The predicted octanol–water partition coefficient (Wildman–Crippen LogP) is 5.42. The first kappa shape index (κ1) is 16.1. The van der Waals surface area contributed by atoms with Gasteiger partial charge in [-0.05, 0) is 36.4 Å². The Balaban J connectivity index is 1.88. The molecule has 0 bridgehead atoms. The van der Waals surface area contributed by atoms with Crippen LogP contribution in [-0.4, -0.2) is 17.6 Å². The minimum atomic E-state index is -1.30. The molecule has 25 heavy (non-hydrogen) atoms. The molecule has 4 aromatic rings. The molecule has 126 valence electrons.